The number of ether oxygens (including phenoxy) is 1. The maximum absolute atomic E-state index is 13.8. The van der Waals surface area contributed by atoms with Crippen molar-refractivity contribution in [3.05, 3.63) is 71.8 Å². The molecule has 0 bridgehead atoms. The second-order valence-corrected chi connectivity index (χ2v) is 8.72. The Kier molecular flexibility index (Phi) is 9.95. The zero-order chi connectivity index (χ0) is 30.3. The van der Waals surface area contributed by atoms with Crippen molar-refractivity contribution in [3.8, 4) is 5.75 Å². The van der Waals surface area contributed by atoms with Gasteiger partial charge in [-0.15, -0.1) is 0 Å². The number of carbonyl (C=O) groups is 5. The number of rotatable bonds is 11. The van der Waals surface area contributed by atoms with Crippen LogP contribution in [0.1, 0.15) is 19.8 Å². The van der Waals surface area contributed by atoms with E-state index in [-0.39, 0.29) is 6.07 Å². The molecule has 0 saturated carbocycles. The van der Waals surface area contributed by atoms with Gasteiger partial charge in [-0.3, -0.25) is 24.0 Å². The Morgan fingerprint density at radius 1 is 0.878 bits per heavy atom. The molecule has 0 aliphatic rings. The molecule has 0 aromatic heterocycles. The van der Waals surface area contributed by atoms with Crippen LogP contribution in [-0.4, -0.2) is 53.3 Å². The molecule has 3 rings (SSSR count). The van der Waals surface area contributed by atoms with Crippen LogP contribution in [0.2, 0.25) is 0 Å². The van der Waals surface area contributed by atoms with Gasteiger partial charge in [0.1, 0.15) is 12.6 Å². The van der Waals surface area contributed by atoms with Crippen molar-refractivity contribution >= 4 is 45.9 Å². The van der Waals surface area contributed by atoms with Gasteiger partial charge in [-0.1, -0.05) is 36.4 Å². The molecule has 2 unspecified atom stereocenters. The lowest BCUT2D eigenvalue weighted by Crippen LogP contribution is -2.52. The standard InChI is InChI=1S/C27H23F4N3O7/c1-13(32-26(39)27(40)33-18-8-4-6-14-5-2-3-7-15(14)18)25(38)34-19(9-10-21(36)37)20(35)12-41-24-22(30)16(28)11-17(29)23(24)31/h2-8,11,13,19H,9-10,12H2,1H3,(H,32,39)(H,33,40)(H,34,38)(H,36,37). The number of hydrogen-bond acceptors (Lipinski definition) is 6. The van der Waals surface area contributed by atoms with Crippen molar-refractivity contribution in [1.29, 1.82) is 0 Å². The Morgan fingerprint density at radius 2 is 1.51 bits per heavy atom. The Balaban J connectivity index is 1.63. The third kappa shape index (κ3) is 7.77. The molecule has 4 N–H and O–H groups in total. The summed E-state index contributed by atoms with van der Waals surface area (Å²) in [6, 6.07) is 9.01. The topological polar surface area (TPSA) is 151 Å². The monoisotopic (exact) mass is 577 g/mol. The lowest BCUT2D eigenvalue weighted by atomic mass is 10.1. The fraction of sp³-hybridized carbons (Fsp3) is 0.222. The Labute approximate surface area is 229 Å². The van der Waals surface area contributed by atoms with E-state index in [1.165, 1.54) is 6.92 Å². The van der Waals surface area contributed by atoms with Crippen LogP contribution in [0.15, 0.2) is 48.5 Å². The number of ketones is 1. The highest BCUT2D eigenvalue weighted by Gasteiger charge is 2.28. The van der Waals surface area contributed by atoms with Gasteiger partial charge in [0, 0.05) is 23.6 Å². The normalized spacial score (nSPS) is 12.2. The molecule has 10 nitrogen and oxygen atoms in total. The predicted molar refractivity (Wildman–Crippen MR) is 136 cm³/mol. The van der Waals surface area contributed by atoms with E-state index in [1.54, 1.807) is 42.5 Å². The Morgan fingerprint density at radius 3 is 2.17 bits per heavy atom. The van der Waals surface area contributed by atoms with Gasteiger partial charge in [0.15, 0.2) is 23.2 Å². The van der Waals surface area contributed by atoms with Crippen LogP contribution in [0.5, 0.6) is 5.75 Å². The van der Waals surface area contributed by atoms with Crippen molar-refractivity contribution in [2.24, 2.45) is 0 Å². The predicted octanol–water partition coefficient (Wildman–Crippen LogP) is 2.84. The zero-order valence-corrected chi connectivity index (χ0v) is 21.3. The summed E-state index contributed by atoms with van der Waals surface area (Å²) < 4.78 is 59.0. The number of benzene rings is 3. The largest absolute Gasteiger partial charge is 0.481 e. The molecule has 0 aliphatic heterocycles. The van der Waals surface area contributed by atoms with E-state index in [4.69, 9.17) is 5.11 Å². The van der Waals surface area contributed by atoms with Crippen molar-refractivity contribution in [2.75, 3.05) is 11.9 Å². The molecule has 0 aliphatic carbocycles. The minimum Gasteiger partial charge on any atom is -0.481 e. The summed E-state index contributed by atoms with van der Waals surface area (Å²) in [5.41, 5.74) is 0.339. The van der Waals surface area contributed by atoms with Gasteiger partial charge in [-0.25, -0.2) is 8.78 Å². The van der Waals surface area contributed by atoms with E-state index >= 15 is 0 Å². The van der Waals surface area contributed by atoms with Crippen LogP contribution < -0.4 is 20.7 Å². The highest BCUT2D eigenvalue weighted by atomic mass is 19.2. The number of Topliss-reactive ketones (excluding diaryl/α,β-unsaturated/α-hetero) is 1. The van der Waals surface area contributed by atoms with Crippen LogP contribution in [0.4, 0.5) is 23.2 Å². The molecule has 41 heavy (non-hydrogen) atoms. The molecule has 3 amide bonds. The zero-order valence-electron chi connectivity index (χ0n) is 21.3. The lowest BCUT2D eigenvalue weighted by Gasteiger charge is -2.20. The number of halogens is 4. The minimum atomic E-state index is -1.90. The number of fused-ring (bicyclic) bond motifs is 1. The fourth-order valence-electron chi connectivity index (χ4n) is 3.64. The molecule has 216 valence electrons. The molecule has 3 aromatic carbocycles. The maximum Gasteiger partial charge on any atom is 0.313 e. The minimum absolute atomic E-state index is 0.0623. The number of carboxylic acid groups (broad SMARTS) is 1. The fourth-order valence-corrected chi connectivity index (χ4v) is 3.64. The van der Waals surface area contributed by atoms with Gasteiger partial charge < -0.3 is 25.8 Å². The Hall–Kier alpha value is -5.01. The van der Waals surface area contributed by atoms with Gasteiger partial charge in [-0.05, 0) is 24.8 Å². The van der Waals surface area contributed by atoms with E-state index in [2.05, 4.69) is 20.7 Å². The second kappa shape index (κ2) is 13.4. The van der Waals surface area contributed by atoms with Gasteiger partial charge in [0.2, 0.25) is 17.5 Å². The molecule has 0 heterocycles. The van der Waals surface area contributed by atoms with Crippen LogP contribution in [-0.2, 0) is 24.0 Å². The van der Waals surface area contributed by atoms with Gasteiger partial charge >= 0.3 is 17.8 Å². The quantitative estimate of drug-likeness (QED) is 0.155. The molecule has 2 atom stereocenters. The van der Waals surface area contributed by atoms with Crippen LogP contribution in [0.3, 0.4) is 0 Å². The number of anilines is 1. The average molecular weight is 577 g/mol. The number of aliphatic carboxylic acids is 1. The molecule has 0 spiro atoms. The van der Waals surface area contributed by atoms with E-state index < -0.39 is 90.0 Å². The number of nitrogens with one attached hydrogen (secondary N) is 3. The third-order valence-electron chi connectivity index (χ3n) is 5.77. The maximum atomic E-state index is 13.8. The van der Waals surface area contributed by atoms with Crippen molar-refractivity contribution in [2.45, 2.75) is 31.8 Å². The summed E-state index contributed by atoms with van der Waals surface area (Å²) in [4.78, 5) is 61.1. The summed E-state index contributed by atoms with van der Waals surface area (Å²) >= 11 is 0. The van der Waals surface area contributed by atoms with E-state index in [0.29, 0.717) is 11.1 Å². The molecule has 0 saturated heterocycles. The Bertz CT molecular complexity index is 1480. The first-order chi connectivity index (χ1) is 19.4. The van der Waals surface area contributed by atoms with Crippen LogP contribution >= 0.6 is 0 Å². The van der Waals surface area contributed by atoms with Crippen molar-refractivity contribution < 1.29 is 51.4 Å². The van der Waals surface area contributed by atoms with Crippen molar-refractivity contribution in [3.63, 3.8) is 0 Å². The van der Waals surface area contributed by atoms with Crippen LogP contribution in [0.25, 0.3) is 10.8 Å². The molecule has 0 fully saturated rings. The summed E-state index contributed by atoms with van der Waals surface area (Å²) in [6.45, 7) is -0.0244. The summed E-state index contributed by atoms with van der Waals surface area (Å²) in [5, 5.41) is 17.2. The summed E-state index contributed by atoms with van der Waals surface area (Å²) in [6.07, 6.45) is -1.14. The third-order valence-corrected chi connectivity index (χ3v) is 5.77. The number of carboxylic acids is 1. The first-order valence-corrected chi connectivity index (χ1v) is 12.0. The molecular weight excluding hydrogens is 554 g/mol. The summed E-state index contributed by atoms with van der Waals surface area (Å²) in [7, 11) is 0. The average Bonchev–Trinajstić information content (AvgIpc) is 2.93. The highest BCUT2D eigenvalue weighted by Crippen LogP contribution is 2.26. The lowest BCUT2D eigenvalue weighted by molar-refractivity contribution is -0.139. The van der Waals surface area contributed by atoms with E-state index in [1.807, 2.05) is 0 Å². The van der Waals surface area contributed by atoms with Crippen LogP contribution in [0, 0.1) is 23.3 Å². The second-order valence-electron chi connectivity index (χ2n) is 8.72. The molecule has 3 aromatic rings. The molecule has 14 heteroatoms. The van der Waals surface area contributed by atoms with Gasteiger partial charge in [0.25, 0.3) is 0 Å². The summed E-state index contributed by atoms with van der Waals surface area (Å²) in [5.74, 6) is -14.7. The molecule has 0 radical (unpaired) electrons. The first kappa shape index (κ1) is 30.5. The number of hydrogen-bond donors (Lipinski definition) is 4. The highest BCUT2D eigenvalue weighted by molar-refractivity contribution is 6.40. The SMILES string of the molecule is CC(NC(=O)C(=O)Nc1cccc2ccccc12)C(=O)NC(CCC(=O)O)C(=O)COc1c(F)c(F)cc(F)c1F. The smallest absolute Gasteiger partial charge is 0.313 e. The first-order valence-electron chi connectivity index (χ1n) is 12.0. The van der Waals surface area contributed by atoms with Crippen molar-refractivity contribution in [1.82, 2.24) is 10.6 Å². The number of carbonyl (C=O) groups excluding carboxylic acids is 4. The number of amides is 3. The molecular formula is C27H23F4N3O7. The van der Waals surface area contributed by atoms with E-state index in [0.717, 1.165) is 5.39 Å². The van der Waals surface area contributed by atoms with E-state index in [9.17, 15) is 41.5 Å². The van der Waals surface area contributed by atoms with Gasteiger partial charge in [0.05, 0.1) is 6.04 Å². The van der Waals surface area contributed by atoms with Gasteiger partial charge in [-0.2, -0.15) is 8.78 Å².